The largest absolute Gasteiger partial charge is 0.491 e. The van der Waals surface area contributed by atoms with E-state index in [0.717, 1.165) is 5.56 Å². The second-order valence-electron chi connectivity index (χ2n) is 7.98. The molecule has 3 aliphatic heterocycles. The number of amides is 2. The lowest BCUT2D eigenvalue weighted by Crippen LogP contribution is -2.45. The van der Waals surface area contributed by atoms with E-state index in [9.17, 15) is 9.59 Å². The van der Waals surface area contributed by atoms with Crippen molar-refractivity contribution in [2.24, 2.45) is 0 Å². The number of anilines is 2. The predicted molar refractivity (Wildman–Crippen MR) is 123 cm³/mol. The van der Waals surface area contributed by atoms with Crippen molar-refractivity contribution in [1.29, 1.82) is 0 Å². The maximum absolute atomic E-state index is 13.9. The summed E-state index contributed by atoms with van der Waals surface area (Å²) in [5, 5.41) is 3.53. The van der Waals surface area contributed by atoms with Crippen molar-refractivity contribution in [3.63, 3.8) is 0 Å². The number of ether oxygens (including phenoxy) is 3. The van der Waals surface area contributed by atoms with Crippen LogP contribution >= 0.6 is 23.2 Å². The second-order valence-corrected chi connectivity index (χ2v) is 8.82. The average Bonchev–Trinajstić information content (AvgIpc) is 3.47. The summed E-state index contributed by atoms with van der Waals surface area (Å²) in [5.41, 5.74) is 1.50. The summed E-state index contributed by atoms with van der Waals surface area (Å²) < 4.78 is 16.9. The summed E-state index contributed by atoms with van der Waals surface area (Å²) in [4.78, 5) is 28.3. The zero-order chi connectivity index (χ0) is 22.7. The Balaban J connectivity index is 1.36. The number of fused-ring (bicyclic) bond motifs is 5. The topological polar surface area (TPSA) is 77.1 Å². The Morgan fingerprint density at radius 2 is 1.76 bits per heavy atom. The molecule has 3 aromatic carbocycles. The van der Waals surface area contributed by atoms with Gasteiger partial charge in [-0.2, -0.15) is 0 Å². The zero-order valence-electron chi connectivity index (χ0n) is 17.1. The summed E-state index contributed by atoms with van der Waals surface area (Å²) in [6.45, 7) is 0.0634. The monoisotopic (exact) mass is 482 g/mol. The number of rotatable bonds is 3. The lowest BCUT2D eigenvalue weighted by atomic mass is 9.77. The Bertz CT molecular complexity index is 1340. The lowest BCUT2D eigenvalue weighted by Gasteiger charge is -2.23. The van der Waals surface area contributed by atoms with Gasteiger partial charge in [-0.05, 0) is 35.9 Å². The number of para-hydroxylation sites is 1. The third kappa shape index (κ3) is 2.96. The van der Waals surface area contributed by atoms with E-state index in [4.69, 9.17) is 37.4 Å². The van der Waals surface area contributed by atoms with Gasteiger partial charge in [-0.25, -0.2) is 0 Å². The van der Waals surface area contributed by atoms with Gasteiger partial charge in [-0.1, -0.05) is 41.4 Å². The van der Waals surface area contributed by atoms with E-state index in [1.54, 1.807) is 30.3 Å². The van der Waals surface area contributed by atoms with Gasteiger partial charge in [0.1, 0.15) is 24.3 Å². The third-order valence-electron chi connectivity index (χ3n) is 6.15. The molecule has 1 N–H and O–H groups in total. The number of hydrogen-bond donors (Lipinski definition) is 1. The van der Waals surface area contributed by atoms with Gasteiger partial charge < -0.3 is 24.4 Å². The van der Waals surface area contributed by atoms with Crippen LogP contribution in [0.1, 0.15) is 11.1 Å². The van der Waals surface area contributed by atoms with Crippen molar-refractivity contribution in [3.05, 3.63) is 75.8 Å². The minimum Gasteiger partial charge on any atom is -0.491 e. The molecule has 0 saturated carbocycles. The Kier molecular flexibility index (Phi) is 4.47. The van der Waals surface area contributed by atoms with E-state index in [1.807, 2.05) is 24.3 Å². The molecule has 0 fully saturated rings. The fourth-order valence-electron chi connectivity index (χ4n) is 4.65. The van der Waals surface area contributed by atoms with Gasteiger partial charge in [0, 0.05) is 22.3 Å². The van der Waals surface area contributed by atoms with E-state index in [0.29, 0.717) is 44.2 Å². The number of carbonyl (C=O) groups is 2. The van der Waals surface area contributed by atoms with Crippen molar-refractivity contribution < 1.29 is 23.8 Å². The van der Waals surface area contributed by atoms with Gasteiger partial charge in [0.2, 0.25) is 18.6 Å². The quantitative estimate of drug-likeness (QED) is 0.599. The van der Waals surface area contributed by atoms with Crippen LogP contribution < -0.4 is 24.4 Å². The smallest absolute Gasteiger partial charge is 0.246 e. The average molecular weight is 483 g/mol. The van der Waals surface area contributed by atoms with Crippen LogP contribution in [0.2, 0.25) is 10.0 Å². The highest BCUT2D eigenvalue weighted by molar-refractivity contribution is 6.36. The molecular weight excluding hydrogens is 467 g/mol. The van der Waals surface area contributed by atoms with Crippen LogP contribution in [-0.2, 0) is 15.0 Å². The molecule has 2 amide bonds. The number of halogens is 2. The Hall–Kier alpha value is -3.42. The maximum Gasteiger partial charge on any atom is 0.246 e. The second kappa shape index (κ2) is 7.30. The van der Waals surface area contributed by atoms with Gasteiger partial charge in [-0.3, -0.25) is 9.59 Å². The molecule has 7 nitrogen and oxygen atoms in total. The molecule has 9 heteroatoms. The van der Waals surface area contributed by atoms with Crippen molar-refractivity contribution in [2.75, 3.05) is 30.2 Å². The van der Waals surface area contributed by atoms with Crippen molar-refractivity contribution in [2.45, 2.75) is 5.41 Å². The van der Waals surface area contributed by atoms with E-state index in [2.05, 4.69) is 5.32 Å². The number of carbonyl (C=O) groups excluding carboxylic acids is 2. The first kappa shape index (κ1) is 20.2. The van der Waals surface area contributed by atoms with Crippen molar-refractivity contribution in [3.8, 4) is 17.2 Å². The first-order chi connectivity index (χ1) is 16.0. The molecule has 1 unspecified atom stereocenters. The highest BCUT2D eigenvalue weighted by atomic mass is 35.5. The van der Waals surface area contributed by atoms with Crippen LogP contribution in [0.5, 0.6) is 17.2 Å². The predicted octanol–water partition coefficient (Wildman–Crippen LogP) is 4.39. The summed E-state index contributed by atoms with van der Waals surface area (Å²) in [6, 6.07) is 15.8. The van der Waals surface area contributed by atoms with E-state index < -0.39 is 5.41 Å². The summed E-state index contributed by atoms with van der Waals surface area (Å²) in [6.07, 6.45) is 0. The Labute approximate surface area is 198 Å². The van der Waals surface area contributed by atoms with Gasteiger partial charge in [0.15, 0.2) is 11.5 Å². The molecule has 33 heavy (non-hydrogen) atoms. The van der Waals surface area contributed by atoms with Crippen LogP contribution in [0.25, 0.3) is 0 Å². The number of hydrogen-bond acceptors (Lipinski definition) is 5. The molecule has 0 radical (unpaired) electrons. The van der Waals surface area contributed by atoms with E-state index in [-0.39, 0.29) is 31.8 Å². The molecule has 0 bridgehead atoms. The molecule has 0 aromatic heterocycles. The number of benzene rings is 3. The standard InChI is InChI=1S/C24H16Cl2N2O5/c25-13-5-6-17(16(26)7-13)27-22(29)10-28-18-4-2-1-3-14(18)24(23(28)30)11-31-19-9-21-20(8-15(19)24)32-12-33-21/h1-9H,10-12H2,(H,27,29). The van der Waals surface area contributed by atoms with Gasteiger partial charge in [-0.15, -0.1) is 0 Å². The number of nitrogens with one attached hydrogen (secondary N) is 1. The maximum atomic E-state index is 13.9. The van der Waals surface area contributed by atoms with Crippen LogP contribution in [0.4, 0.5) is 11.4 Å². The van der Waals surface area contributed by atoms with Crippen LogP contribution in [0, 0.1) is 0 Å². The molecule has 1 spiro atoms. The molecule has 1 atom stereocenters. The minimum absolute atomic E-state index is 0.120. The summed E-state index contributed by atoms with van der Waals surface area (Å²) in [5.74, 6) is 1.10. The fourth-order valence-corrected chi connectivity index (χ4v) is 5.10. The van der Waals surface area contributed by atoms with Crippen LogP contribution in [-0.4, -0.2) is 31.8 Å². The fraction of sp³-hybridized carbons (Fsp3) is 0.167. The van der Waals surface area contributed by atoms with Crippen molar-refractivity contribution >= 4 is 46.4 Å². The van der Waals surface area contributed by atoms with Gasteiger partial charge in [0.05, 0.1) is 10.7 Å². The molecular formula is C24H16Cl2N2O5. The van der Waals surface area contributed by atoms with Crippen LogP contribution in [0.3, 0.4) is 0 Å². The normalized spacial score (nSPS) is 19.5. The number of nitrogens with zero attached hydrogens (tertiary/aromatic N) is 1. The molecule has 166 valence electrons. The molecule has 3 aromatic rings. The Morgan fingerprint density at radius 1 is 0.970 bits per heavy atom. The lowest BCUT2D eigenvalue weighted by molar-refractivity contribution is -0.124. The Morgan fingerprint density at radius 3 is 2.58 bits per heavy atom. The van der Waals surface area contributed by atoms with Gasteiger partial charge in [0.25, 0.3) is 0 Å². The SMILES string of the molecule is O=C(CN1C(=O)C2(COc3cc4c(cc32)OCO4)c2ccccc21)Nc1ccc(Cl)cc1Cl. The third-order valence-corrected chi connectivity index (χ3v) is 6.70. The van der Waals surface area contributed by atoms with E-state index >= 15 is 0 Å². The molecule has 0 aliphatic carbocycles. The summed E-state index contributed by atoms with van der Waals surface area (Å²) in [7, 11) is 0. The van der Waals surface area contributed by atoms with Crippen LogP contribution in [0.15, 0.2) is 54.6 Å². The van der Waals surface area contributed by atoms with Gasteiger partial charge >= 0.3 is 0 Å². The minimum atomic E-state index is -1.06. The molecule has 3 aliphatic rings. The van der Waals surface area contributed by atoms with E-state index in [1.165, 1.54) is 4.90 Å². The molecule has 0 saturated heterocycles. The molecule has 6 rings (SSSR count). The highest BCUT2D eigenvalue weighted by Crippen LogP contribution is 2.54. The van der Waals surface area contributed by atoms with Crippen molar-refractivity contribution in [1.82, 2.24) is 0 Å². The first-order valence-electron chi connectivity index (χ1n) is 10.2. The highest BCUT2D eigenvalue weighted by Gasteiger charge is 2.57. The summed E-state index contributed by atoms with van der Waals surface area (Å²) >= 11 is 12.1. The zero-order valence-corrected chi connectivity index (χ0v) is 18.6. The first-order valence-corrected chi connectivity index (χ1v) is 11.0. The molecule has 3 heterocycles.